The van der Waals surface area contributed by atoms with Crippen molar-refractivity contribution in [3.63, 3.8) is 0 Å². The minimum atomic E-state index is -0.280. The summed E-state index contributed by atoms with van der Waals surface area (Å²) in [6.45, 7) is 4.93. The molecule has 21 heavy (non-hydrogen) atoms. The molecule has 0 aromatic carbocycles. The molecule has 0 bridgehead atoms. The van der Waals surface area contributed by atoms with E-state index in [9.17, 15) is 9.59 Å². The smallest absolute Gasteiger partial charge is 0.330 e. The Balaban J connectivity index is 2.71. The van der Waals surface area contributed by atoms with Crippen molar-refractivity contribution in [1.82, 2.24) is 18.7 Å². The molecule has 2 aromatic heterocycles. The summed E-state index contributed by atoms with van der Waals surface area (Å²) in [4.78, 5) is 29.4. The number of fused-ring (bicyclic) bond motifs is 1. The van der Waals surface area contributed by atoms with Gasteiger partial charge in [0.2, 0.25) is 0 Å². The fourth-order valence-electron chi connectivity index (χ4n) is 2.47. The normalized spacial score (nSPS) is 13.0. The van der Waals surface area contributed by atoms with Gasteiger partial charge >= 0.3 is 5.69 Å². The van der Waals surface area contributed by atoms with Crippen LogP contribution >= 0.6 is 0 Å². The van der Waals surface area contributed by atoms with Gasteiger partial charge in [0.15, 0.2) is 11.2 Å². The zero-order chi connectivity index (χ0) is 15.6. The molecule has 116 valence electrons. The first-order valence-electron chi connectivity index (χ1n) is 7.39. The van der Waals surface area contributed by atoms with Crippen LogP contribution in [0.5, 0.6) is 0 Å². The molecule has 0 aliphatic carbocycles. The summed E-state index contributed by atoms with van der Waals surface area (Å²) in [7, 11) is 1.77. The molecule has 2 heterocycles. The van der Waals surface area contributed by atoms with E-state index in [0.29, 0.717) is 24.3 Å². The van der Waals surface area contributed by atoms with E-state index >= 15 is 0 Å². The van der Waals surface area contributed by atoms with Gasteiger partial charge in [0, 0.05) is 19.6 Å². The zero-order valence-corrected chi connectivity index (χ0v) is 12.9. The Bertz CT molecular complexity index is 740. The summed E-state index contributed by atoms with van der Waals surface area (Å²) in [6, 6.07) is -0.00346. The van der Waals surface area contributed by atoms with E-state index in [1.807, 2.05) is 13.8 Å². The van der Waals surface area contributed by atoms with Crippen LogP contribution in [-0.4, -0.2) is 25.2 Å². The fraction of sp³-hybridized carbons (Fsp3) is 0.643. The first-order chi connectivity index (χ1) is 10.0. The van der Waals surface area contributed by atoms with Crippen molar-refractivity contribution in [1.29, 1.82) is 0 Å². The summed E-state index contributed by atoms with van der Waals surface area (Å²) < 4.78 is 4.61. The second kappa shape index (κ2) is 6.26. The van der Waals surface area contributed by atoms with Crippen LogP contribution in [0.2, 0.25) is 0 Å². The van der Waals surface area contributed by atoms with Crippen molar-refractivity contribution >= 4 is 11.2 Å². The SMILES string of the molecule is CCC(C)n1c(=O)n(CCCCN)c(=O)c2c1ncn2C. The minimum absolute atomic E-state index is 0.00346. The molecule has 7 nitrogen and oxygen atoms in total. The molecule has 2 aromatic rings. The highest BCUT2D eigenvalue weighted by Crippen LogP contribution is 2.13. The number of aromatic nitrogens is 4. The Labute approximate surface area is 123 Å². The maximum absolute atomic E-state index is 12.7. The Hall–Kier alpha value is -1.89. The molecular formula is C14H23N5O2. The molecule has 0 radical (unpaired) electrons. The van der Waals surface area contributed by atoms with Crippen LogP contribution in [0.4, 0.5) is 0 Å². The molecule has 1 atom stereocenters. The van der Waals surface area contributed by atoms with Crippen molar-refractivity contribution in [2.75, 3.05) is 6.54 Å². The summed E-state index contributed by atoms with van der Waals surface area (Å²) in [5.74, 6) is 0. The van der Waals surface area contributed by atoms with E-state index in [4.69, 9.17) is 5.73 Å². The van der Waals surface area contributed by atoms with E-state index < -0.39 is 0 Å². The molecule has 0 saturated heterocycles. The van der Waals surface area contributed by atoms with Gasteiger partial charge in [-0.1, -0.05) is 6.92 Å². The summed E-state index contributed by atoms with van der Waals surface area (Å²) in [5.41, 5.74) is 5.87. The topological polar surface area (TPSA) is 87.8 Å². The average Bonchev–Trinajstić information content (AvgIpc) is 2.84. The molecular weight excluding hydrogens is 270 g/mol. The third-order valence-electron chi connectivity index (χ3n) is 3.90. The number of unbranched alkanes of at least 4 members (excludes halogenated alkanes) is 1. The largest absolute Gasteiger partial charge is 0.332 e. The molecule has 7 heteroatoms. The predicted octanol–water partition coefficient (Wildman–Crippen LogP) is 0.607. The maximum Gasteiger partial charge on any atom is 0.332 e. The van der Waals surface area contributed by atoms with Crippen LogP contribution in [0.3, 0.4) is 0 Å². The van der Waals surface area contributed by atoms with E-state index in [0.717, 1.165) is 19.3 Å². The van der Waals surface area contributed by atoms with Gasteiger partial charge in [0.05, 0.1) is 6.33 Å². The first kappa shape index (κ1) is 15.5. The number of aryl methyl sites for hydroxylation is 1. The Kier molecular flexibility index (Phi) is 4.62. The zero-order valence-electron chi connectivity index (χ0n) is 12.9. The highest BCUT2D eigenvalue weighted by Gasteiger charge is 2.19. The molecule has 0 aliphatic rings. The molecule has 0 aliphatic heterocycles. The van der Waals surface area contributed by atoms with Crippen LogP contribution in [-0.2, 0) is 13.6 Å². The van der Waals surface area contributed by atoms with Crippen molar-refractivity contribution in [2.24, 2.45) is 12.8 Å². The number of hydrogen-bond acceptors (Lipinski definition) is 4. The minimum Gasteiger partial charge on any atom is -0.330 e. The van der Waals surface area contributed by atoms with E-state index in [2.05, 4.69) is 4.98 Å². The van der Waals surface area contributed by atoms with Gasteiger partial charge in [0.25, 0.3) is 5.56 Å². The highest BCUT2D eigenvalue weighted by molar-refractivity contribution is 5.70. The Morgan fingerprint density at radius 2 is 2.05 bits per heavy atom. The quantitative estimate of drug-likeness (QED) is 0.790. The van der Waals surface area contributed by atoms with Gasteiger partial charge in [-0.25, -0.2) is 9.78 Å². The third-order valence-corrected chi connectivity index (χ3v) is 3.90. The van der Waals surface area contributed by atoms with E-state index in [1.54, 1.807) is 22.5 Å². The van der Waals surface area contributed by atoms with Crippen molar-refractivity contribution < 1.29 is 0 Å². The van der Waals surface area contributed by atoms with E-state index in [-0.39, 0.29) is 17.3 Å². The Morgan fingerprint density at radius 1 is 1.33 bits per heavy atom. The van der Waals surface area contributed by atoms with Gasteiger partial charge in [-0.05, 0) is 32.7 Å². The van der Waals surface area contributed by atoms with Crippen LogP contribution < -0.4 is 17.0 Å². The summed E-state index contributed by atoms with van der Waals surface area (Å²) in [6.07, 6.45) is 3.88. The Morgan fingerprint density at radius 3 is 2.67 bits per heavy atom. The maximum atomic E-state index is 12.7. The van der Waals surface area contributed by atoms with Gasteiger partial charge in [-0.3, -0.25) is 13.9 Å². The molecule has 0 amide bonds. The first-order valence-corrected chi connectivity index (χ1v) is 7.39. The molecule has 2 rings (SSSR count). The molecule has 0 spiro atoms. The molecule has 0 fully saturated rings. The van der Waals surface area contributed by atoms with Gasteiger partial charge in [0.1, 0.15) is 0 Å². The monoisotopic (exact) mass is 293 g/mol. The van der Waals surface area contributed by atoms with Crippen molar-refractivity contribution in [3.8, 4) is 0 Å². The number of imidazole rings is 1. The molecule has 1 unspecified atom stereocenters. The van der Waals surface area contributed by atoms with Crippen LogP contribution in [0.15, 0.2) is 15.9 Å². The number of nitrogens with zero attached hydrogens (tertiary/aromatic N) is 4. The second-order valence-electron chi connectivity index (χ2n) is 5.39. The van der Waals surface area contributed by atoms with E-state index in [1.165, 1.54) is 4.57 Å². The number of rotatable bonds is 6. The lowest BCUT2D eigenvalue weighted by Crippen LogP contribution is -2.41. The lowest BCUT2D eigenvalue weighted by molar-refractivity contribution is 0.474. The van der Waals surface area contributed by atoms with Gasteiger partial charge in [-0.2, -0.15) is 0 Å². The van der Waals surface area contributed by atoms with Crippen LogP contribution in [0, 0.1) is 0 Å². The van der Waals surface area contributed by atoms with Gasteiger partial charge in [-0.15, -0.1) is 0 Å². The lowest BCUT2D eigenvalue weighted by Gasteiger charge is -2.16. The fourth-order valence-corrected chi connectivity index (χ4v) is 2.47. The van der Waals surface area contributed by atoms with Crippen molar-refractivity contribution in [3.05, 3.63) is 27.2 Å². The third kappa shape index (κ3) is 2.65. The number of nitrogens with two attached hydrogens (primary N) is 1. The van der Waals surface area contributed by atoms with Crippen LogP contribution in [0.25, 0.3) is 11.2 Å². The lowest BCUT2D eigenvalue weighted by atomic mass is 10.2. The highest BCUT2D eigenvalue weighted by atomic mass is 16.2. The van der Waals surface area contributed by atoms with Gasteiger partial charge < -0.3 is 10.3 Å². The summed E-state index contributed by atoms with van der Waals surface area (Å²) in [5, 5.41) is 0. The number of hydrogen-bond donors (Lipinski definition) is 1. The molecule has 0 saturated carbocycles. The molecule has 2 N–H and O–H groups in total. The standard InChI is InChI=1S/C14H23N5O2/c1-4-10(2)19-12-11(17(3)9-16-12)13(20)18(14(19)21)8-6-5-7-15/h9-10H,4-8,15H2,1-3H3. The average molecular weight is 293 g/mol. The predicted molar refractivity (Wildman–Crippen MR) is 82.5 cm³/mol. The second-order valence-corrected chi connectivity index (χ2v) is 5.39. The van der Waals surface area contributed by atoms with Crippen molar-refractivity contribution in [2.45, 2.75) is 45.7 Å². The van der Waals surface area contributed by atoms with Crippen LogP contribution in [0.1, 0.15) is 39.2 Å². The summed E-state index contributed by atoms with van der Waals surface area (Å²) >= 11 is 0.